The Kier molecular flexibility index (Phi) is 4.49. The molecule has 144 valence electrons. The fourth-order valence-electron chi connectivity index (χ4n) is 4.75. The van der Waals surface area contributed by atoms with Gasteiger partial charge in [-0.1, -0.05) is 91.0 Å². The van der Waals surface area contributed by atoms with E-state index in [1.807, 2.05) is 71.7 Å². The van der Waals surface area contributed by atoms with Crippen molar-refractivity contribution in [1.29, 1.82) is 0 Å². The van der Waals surface area contributed by atoms with Crippen LogP contribution in [-0.2, 0) is 9.59 Å². The minimum atomic E-state index is -0.149. The molecule has 0 bridgehead atoms. The molecule has 2 amide bonds. The number of amides is 2. The van der Waals surface area contributed by atoms with Gasteiger partial charge in [-0.3, -0.25) is 9.59 Å². The van der Waals surface area contributed by atoms with Crippen molar-refractivity contribution in [3.05, 3.63) is 108 Å². The second-order valence-electron chi connectivity index (χ2n) is 7.69. The number of rotatable bonds is 3. The normalized spacial score (nSPS) is 24.6. The summed E-state index contributed by atoms with van der Waals surface area (Å²) in [6.07, 6.45) is 0.647. The van der Waals surface area contributed by atoms with Gasteiger partial charge in [0.2, 0.25) is 11.8 Å². The number of hydrogen-bond donors (Lipinski definition) is 0. The number of carbonyl (C=O) groups excluding carboxylic acids is 2. The zero-order valence-corrected chi connectivity index (χ0v) is 16.0. The summed E-state index contributed by atoms with van der Waals surface area (Å²) in [6.45, 7) is 0. The first-order valence-electron chi connectivity index (χ1n) is 10.0. The second kappa shape index (κ2) is 7.30. The SMILES string of the molecule is O=C1C[C@H](c2ccccc2)N2[C@H](c3ccccc3)[C@H](c3ccccc3)CC(=O)N12. The molecule has 29 heavy (non-hydrogen) atoms. The van der Waals surface area contributed by atoms with Crippen LogP contribution in [0, 0.1) is 0 Å². The molecule has 0 aromatic heterocycles. The maximum Gasteiger partial charge on any atom is 0.245 e. The summed E-state index contributed by atoms with van der Waals surface area (Å²) >= 11 is 0. The Balaban J connectivity index is 1.67. The molecular formula is C25H22N2O2. The van der Waals surface area contributed by atoms with E-state index in [-0.39, 0.29) is 29.8 Å². The standard InChI is InChI=1S/C25H22N2O2/c28-23-16-21(18-10-4-1-5-11-18)25(20-14-8-3-9-15-20)26-22(17-24(29)27(23)26)19-12-6-2-7-13-19/h1-15,21-22,25H,16-17H2/t21-,22+,25+/m0/s1. The first-order valence-corrected chi connectivity index (χ1v) is 10.0. The lowest BCUT2D eigenvalue weighted by molar-refractivity contribution is -0.170. The van der Waals surface area contributed by atoms with Crippen molar-refractivity contribution in [2.45, 2.75) is 30.8 Å². The van der Waals surface area contributed by atoms with E-state index in [0.717, 1.165) is 16.7 Å². The predicted molar refractivity (Wildman–Crippen MR) is 110 cm³/mol. The van der Waals surface area contributed by atoms with Gasteiger partial charge in [-0.2, -0.15) is 5.01 Å². The number of benzene rings is 3. The number of hydrazine groups is 1. The van der Waals surface area contributed by atoms with Gasteiger partial charge in [0.05, 0.1) is 18.5 Å². The maximum absolute atomic E-state index is 13.1. The van der Waals surface area contributed by atoms with E-state index in [9.17, 15) is 9.59 Å². The number of nitrogens with zero attached hydrogens (tertiary/aromatic N) is 2. The van der Waals surface area contributed by atoms with E-state index in [2.05, 4.69) is 24.3 Å². The Labute approximate surface area is 170 Å². The van der Waals surface area contributed by atoms with Gasteiger partial charge in [0.1, 0.15) is 0 Å². The van der Waals surface area contributed by atoms with Crippen molar-refractivity contribution >= 4 is 11.8 Å². The van der Waals surface area contributed by atoms with Crippen LogP contribution in [0.1, 0.15) is 47.5 Å². The van der Waals surface area contributed by atoms with Crippen LogP contribution >= 0.6 is 0 Å². The monoisotopic (exact) mass is 382 g/mol. The molecule has 4 heteroatoms. The molecule has 3 atom stereocenters. The van der Waals surface area contributed by atoms with Crippen LogP contribution < -0.4 is 0 Å². The average Bonchev–Trinajstić information content (AvgIpc) is 3.13. The average molecular weight is 382 g/mol. The Bertz CT molecular complexity index is 1020. The van der Waals surface area contributed by atoms with Gasteiger partial charge >= 0.3 is 0 Å². The van der Waals surface area contributed by atoms with Crippen molar-refractivity contribution in [3.8, 4) is 0 Å². The molecule has 0 radical (unpaired) electrons. The van der Waals surface area contributed by atoms with Crippen molar-refractivity contribution < 1.29 is 9.59 Å². The van der Waals surface area contributed by atoms with Crippen LogP contribution in [0.2, 0.25) is 0 Å². The summed E-state index contributed by atoms with van der Waals surface area (Å²) in [4.78, 5) is 26.0. The third-order valence-electron chi connectivity index (χ3n) is 6.00. The minimum absolute atomic E-state index is 0.0144. The Morgan fingerprint density at radius 1 is 0.586 bits per heavy atom. The summed E-state index contributed by atoms with van der Waals surface area (Å²) in [5.74, 6) is -0.245. The molecule has 2 heterocycles. The Morgan fingerprint density at radius 3 is 1.66 bits per heavy atom. The van der Waals surface area contributed by atoms with Crippen LogP contribution in [-0.4, -0.2) is 21.8 Å². The van der Waals surface area contributed by atoms with Gasteiger partial charge in [-0.15, -0.1) is 0 Å². The van der Waals surface area contributed by atoms with Crippen molar-refractivity contribution in [2.75, 3.05) is 0 Å². The molecule has 0 aliphatic carbocycles. The smallest absolute Gasteiger partial charge is 0.245 e. The largest absolute Gasteiger partial charge is 0.273 e. The first kappa shape index (κ1) is 17.8. The minimum Gasteiger partial charge on any atom is -0.273 e. The highest BCUT2D eigenvalue weighted by atomic mass is 16.2. The van der Waals surface area contributed by atoms with E-state index < -0.39 is 0 Å². The van der Waals surface area contributed by atoms with E-state index in [4.69, 9.17) is 0 Å². The van der Waals surface area contributed by atoms with Gasteiger partial charge < -0.3 is 0 Å². The third kappa shape index (κ3) is 3.06. The van der Waals surface area contributed by atoms with Crippen molar-refractivity contribution in [2.24, 2.45) is 0 Å². The molecule has 3 aromatic rings. The molecule has 0 spiro atoms. The fraction of sp³-hybridized carbons (Fsp3) is 0.200. The summed E-state index contributed by atoms with van der Waals surface area (Å²) in [6, 6.07) is 30.2. The first-order chi connectivity index (χ1) is 14.2. The highest BCUT2D eigenvalue weighted by molar-refractivity contribution is 5.97. The van der Waals surface area contributed by atoms with Gasteiger partial charge in [-0.05, 0) is 16.7 Å². The number of hydrogen-bond acceptors (Lipinski definition) is 3. The second-order valence-corrected chi connectivity index (χ2v) is 7.69. The maximum atomic E-state index is 13.1. The quantitative estimate of drug-likeness (QED) is 0.620. The molecular weight excluding hydrogens is 360 g/mol. The zero-order chi connectivity index (χ0) is 19.8. The number of fused-ring (bicyclic) bond motifs is 1. The van der Waals surface area contributed by atoms with Crippen LogP contribution in [0.15, 0.2) is 91.0 Å². The van der Waals surface area contributed by atoms with E-state index >= 15 is 0 Å². The van der Waals surface area contributed by atoms with E-state index in [1.54, 1.807) is 0 Å². The number of carbonyl (C=O) groups is 2. The molecule has 3 aromatic carbocycles. The lowest BCUT2D eigenvalue weighted by Crippen LogP contribution is -2.52. The molecule has 2 aliphatic heterocycles. The molecule has 2 fully saturated rings. The Morgan fingerprint density at radius 2 is 1.07 bits per heavy atom. The topological polar surface area (TPSA) is 40.6 Å². The van der Waals surface area contributed by atoms with Crippen LogP contribution in [0.4, 0.5) is 0 Å². The van der Waals surface area contributed by atoms with Gasteiger partial charge in [0.25, 0.3) is 0 Å². The molecule has 5 rings (SSSR count). The van der Waals surface area contributed by atoms with Gasteiger partial charge in [0.15, 0.2) is 0 Å². The zero-order valence-electron chi connectivity index (χ0n) is 16.0. The van der Waals surface area contributed by atoms with Crippen molar-refractivity contribution in [1.82, 2.24) is 10.0 Å². The van der Waals surface area contributed by atoms with E-state index in [1.165, 1.54) is 5.01 Å². The number of imide groups is 1. The highest BCUT2D eigenvalue weighted by Gasteiger charge is 2.52. The van der Waals surface area contributed by atoms with Crippen LogP contribution in [0.3, 0.4) is 0 Å². The van der Waals surface area contributed by atoms with Gasteiger partial charge in [-0.25, -0.2) is 5.01 Å². The molecule has 0 N–H and O–H groups in total. The summed E-state index contributed by atoms with van der Waals surface area (Å²) in [7, 11) is 0. The molecule has 2 aliphatic rings. The van der Waals surface area contributed by atoms with Gasteiger partial charge in [0, 0.05) is 12.3 Å². The van der Waals surface area contributed by atoms with Crippen molar-refractivity contribution in [3.63, 3.8) is 0 Å². The fourth-order valence-corrected chi connectivity index (χ4v) is 4.75. The highest BCUT2D eigenvalue weighted by Crippen LogP contribution is 2.50. The molecule has 0 unspecified atom stereocenters. The lowest BCUT2D eigenvalue weighted by Gasteiger charge is -2.45. The van der Waals surface area contributed by atoms with Crippen LogP contribution in [0.25, 0.3) is 0 Å². The summed E-state index contributed by atoms with van der Waals surface area (Å²) < 4.78 is 0. The predicted octanol–water partition coefficient (Wildman–Crippen LogP) is 4.63. The molecule has 2 saturated heterocycles. The third-order valence-corrected chi connectivity index (χ3v) is 6.00. The lowest BCUT2D eigenvalue weighted by atomic mass is 9.82. The van der Waals surface area contributed by atoms with Crippen LogP contribution in [0.5, 0.6) is 0 Å². The van der Waals surface area contributed by atoms with E-state index in [0.29, 0.717) is 12.8 Å². The summed E-state index contributed by atoms with van der Waals surface area (Å²) in [5, 5.41) is 3.45. The summed E-state index contributed by atoms with van der Waals surface area (Å²) in [5.41, 5.74) is 3.31. The molecule has 4 nitrogen and oxygen atoms in total. The Hall–Kier alpha value is -3.24. The molecule has 0 saturated carbocycles.